The zero-order chi connectivity index (χ0) is 14.9. The van der Waals surface area contributed by atoms with Crippen LogP contribution in [0.4, 0.5) is 11.4 Å². The molecule has 0 atom stereocenters. The van der Waals surface area contributed by atoms with E-state index in [2.05, 4.69) is 25.6 Å². The SMILES string of the molecule is Cc1cc(Br)c(N)cc1S(=O)(=O)Nc1cccnc1C. The first-order valence-corrected chi connectivity index (χ1v) is 8.09. The normalized spacial score (nSPS) is 11.3. The molecule has 20 heavy (non-hydrogen) atoms. The molecule has 0 spiro atoms. The predicted molar refractivity (Wildman–Crippen MR) is 83.1 cm³/mol. The van der Waals surface area contributed by atoms with Gasteiger partial charge in [0.05, 0.1) is 16.3 Å². The zero-order valence-corrected chi connectivity index (χ0v) is 13.4. The lowest BCUT2D eigenvalue weighted by Crippen LogP contribution is -2.15. The number of sulfonamides is 1. The number of hydrogen-bond acceptors (Lipinski definition) is 4. The second-order valence-corrected chi connectivity index (χ2v) is 6.89. The zero-order valence-electron chi connectivity index (χ0n) is 11.0. The standard InChI is InChI=1S/C13H14BrN3O2S/c1-8-6-10(14)11(15)7-13(8)20(18,19)17-12-4-3-5-16-9(12)2/h3-7,17H,15H2,1-2H3. The molecule has 0 aliphatic carbocycles. The quantitative estimate of drug-likeness (QED) is 0.829. The molecule has 106 valence electrons. The van der Waals surface area contributed by atoms with E-state index < -0.39 is 10.0 Å². The van der Waals surface area contributed by atoms with Crippen LogP contribution in [0.5, 0.6) is 0 Å². The van der Waals surface area contributed by atoms with Gasteiger partial charge in [0.15, 0.2) is 0 Å². The average Bonchev–Trinajstić information content (AvgIpc) is 2.36. The first-order chi connectivity index (χ1) is 9.31. The molecular formula is C13H14BrN3O2S. The van der Waals surface area contributed by atoms with Crippen LogP contribution in [0.1, 0.15) is 11.3 Å². The number of nitrogens with one attached hydrogen (secondary N) is 1. The van der Waals surface area contributed by atoms with E-state index >= 15 is 0 Å². The van der Waals surface area contributed by atoms with Gasteiger partial charge in [0.2, 0.25) is 0 Å². The van der Waals surface area contributed by atoms with Crippen LogP contribution >= 0.6 is 15.9 Å². The van der Waals surface area contributed by atoms with Crippen molar-refractivity contribution >= 4 is 37.3 Å². The summed E-state index contributed by atoms with van der Waals surface area (Å²) in [5.74, 6) is 0. The van der Waals surface area contributed by atoms with Crippen molar-refractivity contribution in [3.8, 4) is 0 Å². The molecule has 7 heteroatoms. The van der Waals surface area contributed by atoms with Crippen molar-refractivity contribution in [1.29, 1.82) is 0 Å². The third-order valence-corrected chi connectivity index (χ3v) is 5.03. The largest absolute Gasteiger partial charge is 0.398 e. The fraction of sp³-hybridized carbons (Fsp3) is 0.154. The molecule has 1 aromatic heterocycles. The highest BCUT2D eigenvalue weighted by Crippen LogP contribution is 2.28. The van der Waals surface area contributed by atoms with Gasteiger partial charge in [0.1, 0.15) is 0 Å². The Morgan fingerprint density at radius 2 is 2.00 bits per heavy atom. The van der Waals surface area contributed by atoms with E-state index in [1.165, 1.54) is 6.07 Å². The van der Waals surface area contributed by atoms with Crippen molar-refractivity contribution in [2.45, 2.75) is 18.7 Å². The summed E-state index contributed by atoms with van der Waals surface area (Å²) in [5, 5.41) is 0. The van der Waals surface area contributed by atoms with Crippen LogP contribution in [0, 0.1) is 13.8 Å². The minimum Gasteiger partial charge on any atom is -0.398 e. The van der Waals surface area contributed by atoms with E-state index in [0.717, 1.165) is 0 Å². The molecule has 0 saturated carbocycles. The molecule has 0 saturated heterocycles. The minimum atomic E-state index is -3.70. The van der Waals surface area contributed by atoms with Crippen LogP contribution in [0.3, 0.4) is 0 Å². The summed E-state index contributed by atoms with van der Waals surface area (Å²) < 4.78 is 28.1. The first kappa shape index (κ1) is 14.8. The smallest absolute Gasteiger partial charge is 0.262 e. The number of rotatable bonds is 3. The van der Waals surface area contributed by atoms with Gasteiger partial charge in [-0.05, 0) is 59.6 Å². The van der Waals surface area contributed by atoms with Gasteiger partial charge in [-0.1, -0.05) is 0 Å². The monoisotopic (exact) mass is 355 g/mol. The highest BCUT2D eigenvalue weighted by atomic mass is 79.9. The van der Waals surface area contributed by atoms with Crippen LogP contribution in [-0.4, -0.2) is 13.4 Å². The van der Waals surface area contributed by atoms with Crippen LogP contribution in [-0.2, 0) is 10.0 Å². The number of anilines is 2. The Hall–Kier alpha value is -1.60. The summed E-state index contributed by atoms with van der Waals surface area (Å²) in [4.78, 5) is 4.21. The van der Waals surface area contributed by atoms with Crippen molar-refractivity contribution in [2.24, 2.45) is 0 Å². The number of benzene rings is 1. The molecule has 0 radical (unpaired) electrons. The maximum absolute atomic E-state index is 12.4. The molecule has 0 fully saturated rings. The Labute approximate surface area is 126 Å². The molecule has 0 aliphatic rings. The van der Waals surface area contributed by atoms with E-state index in [1.807, 2.05) is 0 Å². The fourth-order valence-corrected chi connectivity index (χ4v) is 3.59. The Balaban J connectivity index is 2.47. The Kier molecular flexibility index (Phi) is 4.01. The predicted octanol–water partition coefficient (Wildman–Crippen LogP) is 2.84. The molecule has 0 bridgehead atoms. The van der Waals surface area contributed by atoms with Gasteiger partial charge >= 0.3 is 0 Å². The number of aryl methyl sites for hydroxylation is 2. The van der Waals surface area contributed by atoms with Crippen molar-refractivity contribution in [3.05, 3.63) is 46.2 Å². The summed E-state index contributed by atoms with van der Waals surface area (Å²) in [5.41, 5.74) is 7.81. The van der Waals surface area contributed by atoms with E-state index in [9.17, 15) is 8.42 Å². The van der Waals surface area contributed by atoms with E-state index in [0.29, 0.717) is 27.1 Å². The van der Waals surface area contributed by atoms with Gasteiger partial charge in [-0.25, -0.2) is 8.42 Å². The summed E-state index contributed by atoms with van der Waals surface area (Å²) in [6, 6.07) is 6.46. The van der Waals surface area contributed by atoms with Gasteiger partial charge < -0.3 is 5.73 Å². The van der Waals surface area contributed by atoms with Gasteiger partial charge in [-0.3, -0.25) is 9.71 Å². The second-order valence-electron chi connectivity index (χ2n) is 4.38. The number of nitrogen functional groups attached to an aromatic ring is 1. The minimum absolute atomic E-state index is 0.154. The molecule has 5 nitrogen and oxygen atoms in total. The molecule has 0 unspecified atom stereocenters. The van der Waals surface area contributed by atoms with E-state index in [4.69, 9.17) is 5.73 Å². The molecule has 0 aliphatic heterocycles. The lowest BCUT2D eigenvalue weighted by atomic mass is 10.2. The molecule has 1 heterocycles. The maximum atomic E-state index is 12.4. The van der Waals surface area contributed by atoms with Crippen molar-refractivity contribution in [3.63, 3.8) is 0 Å². The third kappa shape index (κ3) is 2.94. The average molecular weight is 356 g/mol. The summed E-state index contributed by atoms with van der Waals surface area (Å²) in [7, 11) is -3.70. The van der Waals surface area contributed by atoms with E-state index in [-0.39, 0.29) is 4.90 Å². The second kappa shape index (κ2) is 5.41. The molecule has 2 rings (SSSR count). The highest BCUT2D eigenvalue weighted by Gasteiger charge is 2.19. The number of hydrogen-bond donors (Lipinski definition) is 2. The summed E-state index contributed by atoms with van der Waals surface area (Å²) in [6.07, 6.45) is 1.61. The lowest BCUT2D eigenvalue weighted by Gasteiger charge is -2.13. The summed E-state index contributed by atoms with van der Waals surface area (Å²) in [6.45, 7) is 3.45. The third-order valence-electron chi connectivity index (χ3n) is 2.84. The van der Waals surface area contributed by atoms with Crippen LogP contribution < -0.4 is 10.5 Å². The van der Waals surface area contributed by atoms with E-state index in [1.54, 1.807) is 38.2 Å². The highest BCUT2D eigenvalue weighted by molar-refractivity contribution is 9.10. The fourth-order valence-electron chi connectivity index (χ4n) is 1.75. The van der Waals surface area contributed by atoms with Crippen molar-refractivity contribution in [1.82, 2.24) is 4.98 Å². The maximum Gasteiger partial charge on any atom is 0.262 e. The van der Waals surface area contributed by atoms with Crippen LogP contribution in [0.15, 0.2) is 39.8 Å². The van der Waals surface area contributed by atoms with Gasteiger partial charge in [-0.2, -0.15) is 0 Å². The Morgan fingerprint density at radius 3 is 2.65 bits per heavy atom. The van der Waals surface area contributed by atoms with Gasteiger partial charge in [0.25, 0.3) is 10.0 Å². The van der Waals surface area contributed by atoms with Crippen LogP contribution in [0.25, 0.3) is 0 Å². The molecule has 3 N–H and O–H groups in total. The number of pyridine rings is 1. The topological polar surface area (TPSA) is 85.1 Å². The van der Waals surface area contributed by atoms with Crippen LogP contribution in [0.2, 0.25) is 0 Å². The lowest BCUT2D eigenvalue weighted by molar-refractivity contribution is 0.600. The first-order valence-electron chi connectivity index (χ1n) is 5.81. The van der Waals surface area contributed by atoms with Crippen molar-refractivity contribution in [2.75, 3.05) is 10.5 Å². The Bertz CT molecular complexity index is 760. The van der Waals surface area contributed by atoms with Crippen molar-refractivity contribution < 1.29 is 8.42 Å². The number of nitrogens with two attached hydrogens (primary N) is 1. The number of nitrogens with zero attached hydrogens (tertiary/aromatic N) is 1. The number of aromatic nitrogens is 1. The summed E-state index contributed by atoms with van der Waals surface area (Å²) >= 11 is 3.28. The Morgan fingerprint density at radius 1 is 1.30 bits per heavy atom. The number of halogens is 1. The van der Waals surface area contributed by atoms with Gasteiger partial charge in [-0.15, -0.1) is 0 Å². The molecule has 2 aromatic rings. The molecule has 1 aromatic carbocycles. The van der Waals surface area contributed by atoms with Gasteiger partial charge in [0, 0.05) is 16.4 Å². The molecule has 0 amide bonds. The molecular weight excluding hydrogens is 342 g/mol.